The Kier molecular flexibility index (Phi) is 4.75. The molecular weight excluding hydrogens is 299 g/mol. The molecule has 5 heteroatoms. The summed E-state index contributed by atoms with van der Waals surface area (Å²) in [7, 11) is 0. The van der Waals surface area contributed by atoms with Crippen LogP contribution in [-0.2, 0) is 0 Å². The van der Waals surface area contributed by atoms with Crippen LogP contribution in [0.25, 0.3) is 11.6 Å². The maximum absolute atomic E-state index is 13.5. The molecule has 2 aromatic rings. The second-order valence-electron chi connectivity index (χ2n) is 4.56. The van der Waals surface area contributed by atoms with E-state index < -0.39 is 34.6 Å². The van der Waals surface area contributed by atoms with Gasteiger partial charge in [-0.05, 0) is 24.1 Å². The molecular formula is C17H11F5. The van der Waals surface area contributed by atoms with Gasteiger partial charge in [0.05, 0.1) is 5.56 Å². The summed E-state index contributed by atoms with van der Waals surface area (Å²) in [5.41, 5.74) is 0.693. The highest BCUT2D eigenvalue weighted by Crippen LogP contribution is 2.24. The van der Waals surface area contributed by atoms with Crippen LogP contribution in [0.2, 0.25) is 0 Å². The minimum Gasteiger partial charge on any atom is -0.203 e. The van der Waals surface area contributed by atoms with E-state index in [2.05, 4.69) is 0 Å². The number of rotatable bonds is 3. The summed E-state index contributed by atoms with van der Waals surface area (Å²) >= 11 is 0. The van der Waals surface area contributed by atoms with Gasteiger partial charge in [0.25, 0.3) is 0 Å². The first kappa shape index (κ1) is 15.9. The minimum absolute atomic E-state index is 0.778. The molecule has 22 heavy (non-hydrogen) atoms. The van der Waals surface area contributed by atoms with Crippen molar-refractivity contribution >= 4 is 11.6 Å². The van der Waals surface area contributed by atoms with Gasteiger partial charge in [-0.15, -0.1) is 0 Å². The first-order chi connectivity index (χ1) is 10.4. The lowest BCUT2D eigenvalue weighted by atomic mass is 10.1. The van der Waals surface area contributed by atoms with E-state index in [0.717, 1.165) is 17.2 Å². The van der Waals surface area contributed by atoms with Gasteiger partial charge in [0.2, 0.25) is 5.82 Å². The summed E-state index contributed by atoms with van der Waals surface area (Å²) in [6.07, 6.45) is 3.61. The standard InChI is InChI=1S/C17H11F5/c1-10(11-7-3-2-4-8-11)6-5-9-12-13(18)15(20)17(22)16(21)14(12)19/h2-9H,1H3/b9-5+,10-6+. The average Bonchev–Trinajstić information content (AvgIpc) is 2.55. The maximum Gasteiger partial charge on any atom is 0.200 e. The van der Waals surface area contributed by atoms with Crippen molar-refractivity contribution in [2.24, 2.45) is 0 Å². The van der Waals surface area contributed by atoms with Gasteiger partial charge < -0.3 is 0 Å². The van der Waals surface area contributed by atoms with Crippen molar-refractivity contribution < 1.29 is 22.0 Å². The Morgan fingerprint density at radius 2 is 1.27 bits per heavy atom. The van der Waals surface area contributed by atoms with Crippen molar-refractivity contribution in [2.45, 2.75) is 6.92 Å². The van der Waals surface area contributed by atoms with Gasteiger partial charge in [0.1, 0.15) is 0 Å². The van der Waals surface area contributed by atoms with E-state index in [-0.39, 0.29) is 0 Å². The van der Waals surface area contributed by atoms with Gasteiger partial charge in [0.15, 0.2) is 23.3 Å². The molecule has 0 heterocycles. The number of benzene rings is 2. The summed E-state index contributed by atoms with van der Waals surface area (Å²) in [4.78, 5) is 0. The van der Waals surface area contributed by atoms with Crippen molar-refractivity contribution in [1.29, 1.82) is 0 Å². The van der Waals surface area contributed by atoms with Gasteiger partial charge in [-0.25, -0.2) is 22.0 Å². The molecule has 0 aliphatic carbocycles. The Balaban J connectivity index is 2.36. The van der Waals surface area contributed by atoms with Crippen LogP contribution in [0, 0.1) is 29.1 Å². The fourth-order valence-corrected chi connectivity index (χ4v) is 1.85. The van der Waals surface area contributed by atoms with E-state index in [1.807, 2.05) is 30.3 Å². The van der Waals surface area contributed by atoms with E-state index in [9.17, 15) is 22.0 Å². The second kappa shape index (κ2) is 6.56. The van der Waals surface area contributed by atoms with Crippen LogP contribution in [0.5, 0.6) is 0 Å². The molecule has 0 N–H and O–H groups in total. The highest BCUT2D eigenvalue weighted by atomic mass is 19.2. The fourth-order valence-electron chi connectivity index (χ4n) is 1.85. The van der Waals surface area contributed by atoms with Gasteiger partial charge >= 0.3 is 0 Å². The molecule has 0 unspecified atom stereocenters. The van der Waals surface area contributed by atoms with Gasteiger partial charge in [-0.1, -0.05) is 42.5 Å². The molecule has 0 aliphatic heterocycles. The van der Waals surface area contributed by atoms with Crippen LogP contribution in [0.1, 0.15) is 18.1 Å². The fraction of sp³-hybridized carbons (Fsp3) is 0.0588. The molecule has 0 saturated carbocycles. The zero-order valence-electron chi connectivity index (χ0n) is 11.5. The molecule has 0 atom stereocenters. The Labute approximate surface area is 124 Å². The smallest absolute Gasteiger partial charge is 0.200 e. The van der Waals surface area contributed by atoms with Crippen LogP contribution in [0.4, 0.5) is 22.0 Å². The molecule has 0 bridgehead atoms. The molecule has 114 valence electrons. The number of hydrogen-bond donors (Lipinski definition) is 0. The lowest BCUT2D eigenvalue weighted by Crippen LogP contribution is -2.03. The summed E-state index contributed by atoms with van der Waals surface area (Å²) in [6, 6.07) is 9.14. The SMILES string of the molecule is C/C(=C\C=C\c1c(F)c(F)c(F)c(F)c1F)c1ccccc1. The maximum atomic E-state index is 13.5. The van der Waals surface area contributed by atoms with Gasteiger partial charge in [-0.3, -0.25) is 0 Å². The van der Waals surface area contributed by atoms with Crippen LogP contribution < -0.4 is 0 Å². The number of halogens is 5. The molecule has 0 radical (unpaired) electrons. The van der Waals surface area contributed by atoms with Crippen LogP contribution in [0.3, 0.4) is 0 Å². The third-order valence-electron chi connectivity index (χ3n) is 3.08. The molecule has 0 aliphatic rings. The zero-order chi connectivity index (χ0) is 16.3. The van der Waals surface area contributed by atoms with Crippen molar-refractivity contribution in [2.75, 3.05) is 0 Å². The Bertz CT molecular complexity index is 716. The highest BCUT2D eigenvalue weighted by Gasteiger charge is 2.23. The molecule has 0 aromatic heterocycles. The van der Waals surface area contributed by atoms with Crippen molar-refractivity contribution in [3.63, 3.8) is 0 Å². The summed E-state index contributed by atoms with van der Waals surface area (Å²) in [5, 5.41) is 0. The van der Waals surface area contributed by atoms with E-state index in [0.29, 0.717) is 0 Å². The van der Waals surface area contributed by atoms with E-state index in [1.165, 1.54) is 12.2 Å². The minimum atomic E-state index is -2.16. The number of hydrogen-bond acceptors (Lipinski definition) is 0. The van der Waals surface area contributed by atoms with E-state index in [4.69, 9.17) is 0 Å². The molecule has 2 aromatic carbocycles. The zero-order valence-corrected chi connectivity index (χ0v) is 11.5. The van der Waals surface area contributed by atoms with Gasteiger partial charge in [0, 0.05) is 0 Å². The summed E-state index contributed by atoms with van der Waals surface area (Å²) in [5.74, 6) is -9.77. The lowest BCUT2D eigenvalue weighted by molar-refractivity contribution is 0.377. The third-order valence-corrected chi connectivity index (χ3v) is 3.08. The molecule has 0 nitrogen and oxygen atoms in total. The summed E-state index contributed by atoms with van der Waals surface area (Å²) in [6.45, 7) is 1.76. The molecule has 0 amide bonds. The first-order valence-corrected chi connectivity index (χ1v) is 6.35. The van der Waals surface area contributed by atoms with E-state index in [1.54, 1.807) is 6.92 Å². The van der Waals surface area contributed by atoms with Crippen molar-refractivity contribution in [1.82, 2.24) is 0 Å². The monoisotopic (exact) mass is 310 g/mol. The van der Waals surface area contributed by atoms with Crippen molar-refractivity contribution in [3.8, 4) is 0 Å². The summed E-state index contributed by atoms with van der Waals surface area (Å²) < 4.78 is 65.9. The molecule has 0 saturated heterocycles. The van der Waals surface area contributed by atoms with Crippen molar-refractivity contribution in [3.05, 3.63) is 82.7 Å². The van der Waals surface area contributed by atoms with Crippen LogP contribution in [0.15, 0.2) is 42.5 Å². The van der Waals surface area contributed by atoms with Gasteiger partial charge in [-0.2, -0.15) is 0 Å². The normalized spacial score (nSPS) is 12.2. The first-order valence-electron chi connectivity index (χ1n) is 6.35. The Morgan fingerprint density at radius 3 is 1.82 bits per heavy atom. The molecule has 0 fully saturated rings. The quantitative estimate of drug-likeness (QED) is 0.304. The molecule has 0 spiro atoms. The van der Waals surface area contributed by atoms with E-state index >= 15 is 0 Å². The Morgan fingerprint density at radius 1 is 0.773 bits per heavy atom. The lowest BCUT2D eigenvalue weighted by Gasteiger charge is -2.04. The van der Waals surface area contributed by atoms with Crippen LogP contribution >= 0.6 is 0 Å². The number of allylic oxidation sites excluding steroid dienone is 3. The third kappa shape index (κ3) is 3.08. The topological polar surface area (TPSA) is 0 Å². The Hall–Kier alpha value is -2.43. The average molecular weight is 310 g/mol. The molecule has 2 rings (SSSR count). The predicted molar refractivity (Wildman–Crippen MR) is 75.4 cm³/mol. The van der Waals surface area contributed by atoms with Crippen LogP contribution in [-0.4, -0.2) is 0 Å². The highest BCUT2D eigenvalue weighted by molar-refractivity contribution is 5.67. The second-order valence-corrected chi connectivity index (χ2v) is 4.56. The predicted octanol–water partition coefficient (Wildman–Crippen LogP) is 5.50. The largest absolute Gasteiger partial charge is 0.203 e.